The van der Waals surface area contributed by atoms with Gasteiger partial charge in [0.15, 0.2) is 0 Å². The summed E-state index contributed by atoms with van der Waals surface area (Å²) in [4.78, 5) is 3.67. The molecule has 1 unspecified atom stereocenters. The fourth-order valence-corrected chi connectivity index (χ4v) is 1.24. The van der Waals surface area contributed by atoms with Gasteiger partial charge in [0.25, 0.3) is 0 Å². The van der Waals surface area contributed by atoms with Crippen molar-refractivity contribution in [3.8, 4) is 0 Å². The zero-order chi connectivity index (χ0) is 11.8. The van der Waals surface area contributed by atoms with E-state index in [9.17, 15) is 4.39 Å². The molecule has 0 saturated heterocycles. The number of methoxy groups -OCH3 is 1. The number of nitrogens with one attached hydrogen (secondary N) is 1. The summed E-state index contributed by atoms with van der Waals surface area (Å²) in [5, 5.41) is 0. The zero-order valence-electron chi connectivity index (χ0n) is 9.15. The van der Waals surface area contributed by atoms with Crippen molar-refractivity contribution in [3.05, 3.63) is 29.8 Å². The van der Waals surface area contributed by atoms with Gasteiger partial charge in [-0.05, 0) is 6.07 Å². The molecule has 1 atom stereocenters. The number of halogens is 1. The molecule has 90 valence electrons. The minimum atomic E-state index is -0.402. The van der Waals surface area contributed by atoms with Gasteiger partial charge in [0.1, 0.15) is 5.82 Å². The van der Waals surface area contributed by atoms with Crippen molar-refractivity contribution in [1.29, 1.82) is 0 Å². The highest BCUT2D eigenvalue weighted by molar-refractivity contribution is 5.17. The standard InChI is InChI=1S/C10H16FN3O2/c1-15-4-5-16-7-10(14-12)8-2-3-13-6-9(8)11/h2-3,6,10,14H,4-5,7,12H2,1H3. The van der Waals surface area contributed by atoms with E-state index in [0.29, 0.717) is 18.8 Å². The van der Waals surface area contributed by atoms with E-state index in [1.165, 1.54) is 6.20 Å². The highest BCUT2D eigenvalue weighted by Gasteiger charge is 2.14. The van der Waals surface area contributed by atoms with E-state index in [0.717, 1.165) is 6.20 Å². The van der Waals surface area contributed by atoms with E-state index >= 15 is 0 Å². The van der Waals surface area contributed by atoms with Crippen LogP contribution >= 0.6 is 0 Å². The molecule has 0 amide bonds. The Kier molecular flexibility index (Phi) is 5.87. The molecular weight excluding hydrogens is 213 g/mol. The smallest absolute Gasteiger partial charge is 0.146 e. The van der Waals surface area contributed by atoms with Crippen LogP contribution in [0.4, 0.5) is 4.39 Å². The monoisotopic (exact) mass is 229 g/mol. The van der Waals surface area contributed by atoms with E-state index in [2.05, 4.69) is 10.4 Å². The molecule has 0 aromatic carbocycles. The Morgan fingerprint density at radius 1 is 1.56 bits per heavy atom. The van der Waals surface area contributed by atoms with Crippen LogP contribution in [0.5, 0.6) is 0 Å². The molecule has 1 rings (SSSR count). The number of ether oxygens (including phenoxy) is 2. The van der Waals surface area contributed by atoms with Gasteiger partial charge in [0.2, 0.25) is 0 Å². The molecule has 0 fully saturated rings. The Hall–Kier alpha value is -1.08. The van der Waals surface area contributed by atoms with E-state index < -0.39 is 5.82 Å². The van der Waals surface area contributed by atoms with Crippen LogP contribution < -0.4 is 11.3 Å². The second-order valence-corrected chi connectivity index (χ2v) is 3.18. The Labute approximate surface area is 93.7 Å². The SMILES string of the molecule is COCCOCC(NN)c1ccncc1F. The Balaban J connectivity index is 2.51. The molecule has 6 heteroatoms. The number of nitrogens with two attached hydrogens (primary N) is 1. The molecule has 5 nitrogen and oxygen atoms in total. The van der Waals surface area contributed by atoms with E-state index in [1.54, 1.807) is 13.2 Å². The van der Waals surface area contributed by atoms with Crippen LogP contribution in [0, 0.1) is 5.82 Å². The quantitative estimate of drug-likeness (QED) is 0.402. The second-order valence-electron chi connectivity index (χ2n) is 3.18. The number of rotatable bonds is 7. The summed E-state index contributed by atoms with van der Waals surface area (Å²) in [5.74, 6) is 4.94. The molecule has 0 aliphatic rings. The summed E-state index contributed by atoms with van der Waals surface area (Å²) in [6, 6.07) is 1.18. The van der Waals surface area contributed by atoms with Crippen LogP contribution in [0.25, 0.3) is 0 Å². The molecule has 0 aliphatic heterocycles. The van der Waals surface area contributed by atoms with Crippen molar-refractivity contribution >= 4 is 0 Å². The largest absolute Gasteiger partial charge is 0.382 e. The summed E-state index contributed by atoms with van der Waals surface area (Å²) in [6.45, 7) is 1.22. The molecule has 1 aromatic rings. The lowest BCUT2D eigenvalue weighted by Gasteiger charge is -2.16. The minimum absolute atomic E-state index is 0.279. The summed E-state index contributed by atoms with van der Waals surface area (Å²) < 4.78 is 23.5. The van der Waals surface area contributed by atoms with Crippen LogP contribution in [0.2, 0.25) is 0 Å². The van der Waals surface area contributed by atoms with Gasteiger partial charge in [-0.3, -0.25) is 16.3 Å². The predicted molar refractivity (Wildman–Crippen MR) is 57.0 cm³/mol. The lowest BCUT2D eigenvalue weighted by atomic mass is 10.1. The summed E-state index contributed by atoms with van der Waals surface area (Å²) in [5.41, 5.74) is 2.94. The lowest BCUT2D eigenvalue weighted by molar-refractivity contribution is 0.0581. The molecule has 16 heavy (non-hydrogen) atoms. The molecule has 0 aliphatic carbocycles. The normalized spacial score (nSPS) is 12.7. The molecule has 0 radical (unpaired) electrons. The summed E-state index contributed by atoms with van der Waals surface area (Å²) in [7, 11) is 1.59. The van der Waals surface area contributed by atoms with Crippen molar-refractivity contribution in [2.75, 3.05) is 26.9 Å². The topological polar surface area (TPSA) is 69.4 Å². The number of hydrazine groups is 1. The number of hydrogen-bond acceptors (Lipinski definition) is 5. The Bertz CT molecular complexity index is 312. The molecular formula is C10H16FN3O2. The molecule has 0 bridgehead atoms. The highest BCUT2D eigenvalue weighted by Crippen LogP contribution is 2.15. The van der Waals surface area contributed by atoms with Gasteiger partial charge < -0.3 is 9.47 Å². The first kappa shape index (κ1) is 13.0. The molecule has 1 heterocycles. The number of pyridine rings is 1. The maximum atomic E-state index is 13.4. The molecule has 3 N–H and O–H groups in total. The van der Waals surface area contributed by atoms with E-state index in [4.69, 9.17) is 15.3 Å². The van der Waals surface area contributed by atoms with Gasteiger partial charge in [0.05, 0.1) is 32.1 Å². The summed E-state index contributed by atoms with van der Waals surface area (Å²) >= 11 is 0. The van der Waals surface area contributed by atoms with Gasteiger partial charge in [0, 0.05) is 18.9 Å². The Morgan fingerprint density at radius 3 is 3.00 bits per heavy atom. The number of nitrogens with zero attached hydrogens (tertiary/aromatic N) is 1. The van der Waals surface area contributed by atoms with Crippen LogP contribution in [0.15, 0.2) is 18.5 Å². The third kappa shape index (κ3) is 3.82. The van der Waals surface area contributed by atoms with Gasteiger partial charge in [-0.1, -0.05) is 0 Å². The zero-order valence-corrected chi connectivity index (χ0v) is 9.15. The number of aromatic nitrogens is 1. The Morgan fingerprint density at radius 2 is 2.38 bits per heavy atom. The van der Waals surface area contributed by atoms with Crippen molar-refractivity contribution in [3.63, 3.8) is 0 Å². The third-order valence-electron chi connectivity index (χ3n) is 2.10. The molecule has 1 aromatic heterocycles. The average Bonchev–Trinajstić information content (AvgIpc) is 2.31. The van der Waals surface area contributed by atoms with Crippen molar-refractivity contribution in [2.45, 2.75) is 6.04 Å². The maximum Gasteiger partial charge on any atom is 0.146 e. The van der Waals surface area contributed by atoms with Gasteiger partial charge >= 0.3 is 0 Å². The lowest BCUT2D eigenvalue weighted by Crippen LogP contribution is -2.32. The predicted octanol–water partition coefficient (Wildman–Crippen LogP) is 0.388. The van der Waals surface area contributed by atoms with Crippen molar-refractivity contribution < 1.29 is 13.9 Å². The minimum Gasteiger partial charge on any atom is -0.382 e. The van der Waals surface area contributed by atoms with Crippen molar-refractivity contribution in [1.82, 2.24) is 10.4 Å². The van der Waals surface area contributed by atoms with Gasteiger partial charge in [-0.2, -0.15) is 0 Å². The summed E-state index contributed by atoms with van der Waals surface area (Å²) in [6.07, 6.45) is 2.66. The first-order valence-corrected chi connectivity index (χ1v) is 4.91. The third-order valence-corrected chi connectivity index (χ3v) is 2.10. The van der Waals surface area contributed by atoms with Crippen LogP contribution in [-0.4, -0.2) is 31.9 Å². The maximum absolute atomic E-state index is 13.4. The van der Waals surface area contributed by atoms with Gasteiger partial charge in [-0.15, -0.1) is 0 Å². The van der Waals surface area contributed by atoms with Crippen LogP contribution in [-0.2, 0) is 9.47 Å². The van der Waals surface area contributed by atoms with Gasteiger partial charge in [-0.25, -0.2) is 4.39 Å². The second kappa shape index (κ2) is 7.24. The van der Waals surface area contributed by atoms with E-state index in [-0.39, 0.29) is 12.6 Å². The van der Waals surface area contributed by atoms with Crippen molar-refractivity contribution in [2.24, 2.45) is 5.84 Å². The van der Waals surface area contributed by atoms with Crippen LogP contribution in [0.1, 0.15) is 11.6 Å². The molecule has 0 saturated carbocycles. The fraction of sp³-hybridized carbons (Fsp3) is 0.500. The first-order valence-electron chi connectivity index (χ1n) is 4.91. The number of hydrogen-bond donors (Lipinski definition) is 2. The van der Waals surface area contributed by atoms with Crippen LogP contribution in [0.3, 0.4) is 0 Å². The highest BCUT2D eigenvalue weighted by atomic mass is 19.1. The fourth-order valence-electron chi connectivity index (χ4n) is 1.24. The van der Waals surface area contributed by atoms with E-state index in [1.807, 2.05) is 0 Å². The molecule has 0 spiro atoms. The first-order chi connectivity index (χ1) is 7.79. The average molecular weight is 229 g/mol.